The molecular weight excluding hydrogens is 314 g/mol. The Balaban J connectivity index is 1.95. The molecule has 6 heteroatoms. The van der Waals surface area contributed by atoms with E-state index in [2.05, 4.69) is 29.2 Å². The molecule has 0 bridgehead atoms. The van der Waals surface area contributed by atoms with Crippen LogP contribution in [0.3, 0.4) is 0 Å². The van der Waals surface area contributed by atoms with Crippen molar-refractivity contribution >= 4 is 5.96 Å². The summed E-state index contributed by atoms with van der Waals surface area (Å²) in [4.78, 5) is 6.86. The minimum atomic E-state index is 0.607. The third kappa shape index (κ3) is 5.24. The van der Waals surface area contributed by atoms with E-state index in [4.69, 9.17) is 9.73 Å². The predicted molar refractivity (Wildman–Crippen MR) is 102 cm³/mol. The molecule has 0 aliphatic rings. The number of nitrogens with one attached hydrogen (secondary N) is 1. The first-order valence-electron chi connectivity index (χ1n) is 8.69. The first-order chi connectivity index (χ1) is 12.0. The van der Waals surface area contributed by atoms with Gasteiger partial charge < -0.3 is 15.0 Å². The van der Waals surface area contributed by atoms with Crippen molar-refractivity contribution in [2.75, 3.05) is 26.7 Å². The molecule has 0 atom stereocenters. The number of aryl methyl sites for hydroxylation is 2. The van der Waals surface area contributed by atoms with Crippen LogP contribution in [0.2, 0.25) is 0 Å². The molecule has 25 heavy (non-hydrogen) atoms. The molecule has 0 aliphatic carbocycles. The van der Waals surface area contributed by atoms with E-state index in [0.29, 0.717) is 13.2 Å². The fraction of sp³-hybridized carbons (Fsp3) is 0.474. The predicted octanol–water partition coefficient (Wildman–Crippen LogP) is 2.51. The highest BCUT2D eigenvalue weighted by Crippen LogP contribution is 2.13. The number of hydrogen-bond acceptors (Lipinski definition) is 3. The number of hydrogen-bond donors (Lipinski definition) is 1. The van der Waals surface area contributed by atoms with Gasteiger partial charge in [0.05, 0.1) is 18.8 Å². The van der Waals surface area contributed by atoms with Crippen molar-refractivity contribution in [1.82, 2.24) is 20.0 Å². The Morgan fingerprint density at radius 2 is 2.00 bits per heavy atom. The number of likely N-dealkylation sites (N-methyl/N-ethyl adjacent to an activating group) is 1. The van der Waals surface area contributed by atoms with Gasteiger partial charge in [-0.05, 0) is 32.9 Å². The number of para-hydroxylation sites is 1. The molecular formula is C19H29N5O. The van der Waals surface area contributed by atoms with Crippen molar-refractivity contribution in [2.45, 2.75) is 27.3 Å². The molecule has 1 N–H and O–H groups in total. The molecule has 136 valence electrons. The third-order valence-corrected chi connectivity index (χ3v) is 4.18. The molecule has 0 amide bonds. The van der Waals surface area contributed by atoms with E-state index >= 15 is 0 Å². The van der Waals surface area contributed by atoms with E-state index in [-0.39, 0.29) is 0 Å². The van der Waals surface area contributed by atoms with E-state index in [0.717, 1.165) is 36.2 Å². The van der Waals surface area contributed by atoms with Gasteiger partial charge in [-0.1, -0.05) is 18.2 Å². The maximum absolute atomic E-state index is 5.77. The highest BCUT2D eigenvalue weighted by molar-refractivity contribution is 5.79. The number of rotatable bonds is 7. The lowest BCUT2D eigenvalue weighted by molar-refractivity contribution is 0.281. The lowest BCUT2D eigenvalue weighted by Gasteiger charge is -2.22. The van der Waals surface area contributed by atoms with Crippen molar-refractivity contribution in [3.63, 3.8) is 0 Å². The lowest BCUT2D eigenvalue weighted by atomic mass is 10.2. The number of benzene rings is 1. The van der Waals surface area contributed by atoms with E-state index in [1.165, 1.54) is 5.56 Å². The van der Waals surface area contributed by atoms with Gasteiger partial charge in [0.2, 0.25) is 0 Å². The molecule has 0 radical (unpaired) electrons. The molecule has 6 nitrogen and oxygen atoms in total. The Morgan fingerprint density at radius 1 is 1.28 bits per heavy atom. The van der Waals surface area contributed by atoms with E-state index in [1.807, 2.05) is 56.0 Å². The summed E-state index contributed by atoms with van der Waals surface area (Å²) in [5, 5.41) is 7.80. The lowest BCUT2D eigenvalue weighted by Crippen LogP contribution is -2.40. The highest BCUT2D eigenvalue weighted by atomic mass is 16.5. The van der Waals surface area contributed by atoms with Crippen LogP contribution in [-0.2, 0) is 13.6 Å². The average molecular weight is 343 g/mol. The van der Waals surface area contributed by atoms with Crippen LogP contribution in [0.15, 0.2) is 35.3 Å². The van der Waals surface area contributed by atoms with Gasteiger partial charge in [-0.25, -0.2) is 4.99 Å². The Morgan fingerprint density at radius 3 is 2.60 bits per heavy atom. The molecule has 2 rings (SSSR count). The number of aromatic nitrogens is 2. The van der Waals surface area contributed by atoms with Gasteiger partial charge >= 0.3 is 0 Å². The van der Waals surface area contributed by atoms with Crippen molar-refractivity contribution in [3.05, 3.63) is 47.3 Å². The molecule has 1 heterocycles. The Kier molecular flexibility index (Phi) is 6.86. The normalized spacial score (nSPS) is 11.5. The minimum Gasteiger partial charge on any atom is -0.492 e. The van der Waals surface area contributed by atoms with Crippen LogP contribution in [0.4, 0.5) is 0 Å². The molecule has 0 saturated heterocycles. The summed E-state index contributed by atoms with van der Waals surface area (Å²) in [5.41, 5.74) is 3.38. The van der Waals surface area contributed by atoms with Crippen LogP contribution in [0.1, 0.15) is 23.9 Å². The average Bonchev–Trinajstić information content (AvgIpc) is 2.85. The van der Waals surface area contributed by atoms with Crippen LogP contribution in [0, 0.1) is 13.8 Å². The summed E-state index contributed by atoms with van der Waals surface area (Å²) >= 11 is 0. The van der Waals surface area contributed by atoms with Gasteiger partial charge in [-0.3, -0.25) is 4.68 Å². The SMILES string of the molecule is CCNC(=NCc1c(C)nn(C)c1C)N(C)CCOc1ccccc1. The van der Waals surface area contributed by atoms with Crippen molar-refractivity contribution in [1.29, 1.82) is 0 Å². The van der Waals surface area contributed by atoms with Gasteiger partial charge in [-0.15, -0.1) is 0 Å². The summed E-state index contributed by atoms with van der Waals surface area (Å²) in [6, 6.07) is 9.87. The fourth-order valence-corrected chi connectivity index (χ4v) is 2.59. The van der Waals surface area contributed by atoms with Gasteiger partial charge in [0.15, 0.2) is 5.96 Å². The van der Waals surface area contributed by atoms with Gasteiger partial charge in [0, 0.05) is 31.9 Å². The molecule has 0 unspecified atom stereocenters. The monoisotopic (exact) mass is 343 g/mol. The van der Waals surface area contributed by atoms with Gasteiger partial charge in [-0.2, -0.15) is 5.10 Å². The van der Waals surface area contributed by atoms with E-state index in [9.17, 15) is 0 Å². The second-order valence-corrected chi connectivity index (χ2v) is 6.03. The second-order valence-electron chi connectivity index (χ2n) is 6.03. The van der Waals surface area contributed by atoms with Gasteiger partial charge in [0.25, 0.3) is 0 Å². The van der Waals surface area contributed by atoms with Crippen LogP contribution in [-0.4, -0.2) is 47.4 Å². The van der Waals surface area contributed by atoms with E-state index < -0.39 is 0 Å². The second kappa shape index (κ2) is 9.11. The molecule has 0 fully saturated rings. The zero-order valence-corrected chi connectivity index (χ0v) is 15.9. The molecule has 1 aromatic carbocycles. The minimum absolute atomic E-state index is 0.607. The Bertz CT molecular complexity index is 693. The van der Waals surface area contributed by atoms with Crippen molar-refractivity contribution in [3.8, 4) is 5.75 Å². The molecule has 0 spiro atoms. The van der Waals surface area contributed by atoms with Crippen LogP contribution < -0.4 is 10.1 Å². The quantitative estimate of drug-likeness (QED) is 0.620. The summed E-state index contributed by atoms with van der Waals surface area (Å²) in [7, 11) is 3.99. The molecule has 2 aromatic rings. The van der Waals surface area contributed by atoms with Crippen LogP contribution >= 0.6 is 0 Å². The molecule has 1 aromatic heterocycles. The Hall–Kier alpha value is -2.50. The number of nitrogens with zero attached hydrogens (tertiary/aromatic N) is 4. The topological polar surface area (TPSA) is 54.7 Å². The smallest absolute Gasteiger partial charge is 0.194 e. The number of aliphatic imine (C=N–C) groups is 1. The first kappa shape index (κ1) is 18.8. The summed E-state index contributed by atoms with van der Waals surface area (Å²) in [6.45, 7) is 8.99. The largest absolute Gasteiger partial charge is 0.492 e. The maximum atomic E-state index is 5.77. The van der Waals surface area contributed by atoms with Gasteiger partial charge in [0.1, 0.15) is 12.4 Å². The van der Waals surface area contributed by atoms with Crippen LogP contribution in [0.25, 0.3) is 0 Å². The van der Waals surface area contributed by atoms with Crippen molar-refractivity contribution in [2.24, 2.45) is 12.0 Å². The van der Waals surface area contributed by atoms with E-state index in [1.54, 1.807) is 0 Å². The summed E-state index contributed by atoms with van der Waals surface area (Å²) < 4.78 is 7.68. The van der Waals surface area contributed by atoms with Crippen LogP contribution in [0.5, 0.6) is 5.75 Å². The zero-order valence-electron chi connectivity index (χ0n) is 15.9. The maximum Gasteiger partial charge on any atom is 0.194 e. The summed E-state index contributed by atoms with van der Waals surface area (Å²) in [5.74, 6) is 1.77. The Labute approximate surface area is 150 Å². The van der Waals surface area contributed by atoms with Crippen molar-refractivity contribution < 1.29 is 4.74 Å². The molecule has 0 saturated carbocycles. The zero-order chi connectivity index (χ0) is 18.2. The standard InChI is InChI=1S/C19H29N5O/c1-6-20-19(21-14-18-15(2)22-24(5)16(18)3)23(4)12-13-25-17-10-8-7-9-11-17/h7-11H,6,12-14H2,1-5H3,(H,20,21). The summed E-state index contributed by atoms with van der Waals surface area (Å²) in [6.07, 6.45) is 0. The third-order valence-electron chi connectivity index (χ3n) is 4.18. The number of ether oxygens (including phenoxy) is 1. The highest BCUT2D eigenvalue weighted by Gasteiger charge is 2.10. The molecule has 0 aliphatic heterocycles. The number of guanidine groups is 1. The first-order valence-corrected chi connectivity index (χ1v) is 8.69. The fourth-order valence-electron chi connectivity index (χ4n) is 2.59.